The molecule has 1 heterocycles. The summed E-state index contributed by atoms with van der Waals surface area (Å²) < 4.78 is 52.8. The molecule has 0 aromatic heterocycles. The van der Waals surface area contributed by atoms with Gasteiger partial charge in [0.2, 0.25) is 5.91 Å². The number of rotatable bonds is 8. The van der Waals surface area contributed by atoms with Crippen molar-refractivity contribution in [2.45, 2.75) is 43.9 Å². The van der Waals surface area contributed by atoms with Gasteiger partial charge in [-0.05, 0) is 61.8 Å². The van der Waals surface area contributed by atoms with Gasteiger partial charge in [-0.1, -0.05) is 35.3 Å². The van der Waals surface area contributed by atoms with Gasteiger partial charge in [0, 0.05) is 38.0 Å². The van der Waals surface area contributed by atoms with Gasteiger partial charge in [-0.25, -0.2) is 4.39 Å². The summed E-state index contributed by atoms with van der Waals surface area (Å²) >= 11 is 12.3. The van der Waals surface area contributed by atoms with Crippen molar-refractivity contribution in [3.05, 3.63) is 69.0 Å². The highest BCUT2D eigenvalue weighted by Crippen LogP contribution is 2.36. The van der Waals surface area contributed by atoms with Crippen LogP contribution in [0.15, 0.2) is 36.4 Å². The molecule has 0 spiro atoms. The monoisotopic (exact) mass is 519 g/mol. The number of unbranched alkanes of at least 4 members (excludes halogenated alkanes) is 1. The molecule has 0 unspecified atom stereocenters. The molecule has 186 valence electrons. The van der Waals surface area contributed by atoms with Crippen LogP contribution in [0.4, 0.5) is 17.6 Å². The minimum absolute atomic E-state index is 0.0231. The minimum Gasteiger partial charge on any atom is -0.340 e. The van der Waals surface area contributed by atoms with E-state index in [1.54, 1.807) is 17.0 Å². The normalized spacial score (nSPS) is 18.7. The average Bonchev–Trinajstić information content (AvgIpc) is 3.21. The Morgan fingerprint density at radius 3 is 2.47 bits per heavy atom. The van der Waals surface area contributed by atoms with Crippen molar-refractivity contribution >= 4 is 29.1 Å². The number of nitrogens with two attached hydrogens (primary N) is 1. The predicted molar refractivity (Wildman–Crippen MR) is 125 cm³/mol. The third kappa shape index (κ3) is 6.42. The fraction of sp³-hybridized carbons (Fsp3) is 0.458. The first-order valence-corrected chi connectivity index (χ1v) is 11.8. The van der Waals surface area contributed by atoms with E-state index in [0.717, 1.165) is 24.1 Å². The van der Waals surface area contributed by atoms with Crippen LogP contribution in [0.2, 0.25) is 10.0 Å². The number of alkyl halides is 3. The van der Waals surface area contributed by atoms with Crippen LogP contribution < -0.4 is 5.73 Å². The lowest BCUT2D eigenvalue weighted by Crippen LogP contribution is -2.38. The average molecular weight is 520 g/mol. The zero-order valence-electron chi connectivity index (χ0n) is 18.7. The van der Waals surface area contributed by atoms with Gasteiger partial charge in [0.05, 0.1) is 15.6 Å². The van der Waals surface area contributed by atoms with Gasteiger partial charge in [-0.2, -0.15) is 13.2 Å². The molecule has 2 N–H and O–H groups in total. The van der Waals surface area contributed by atoms with Crippen LogP contribution in [-0.2, 0) is 17.5 Å². The molecule has 1 aliphatic rings. The van der Waals surface area contributed by atoms with Gasteiger partial charge in [-0.15, -0.1) is 0 Å². The number of likely N-dealkylation sites (N-methyl/N-ethyl adjacent to an activating group) is 1. The van der Waals surface area contributed by atoms with Crippen molar-refractivity contribution < 1.29 is 22.4 Å². The first-order chi connectivity index (χ1) is 16.0. The lowest BCUT2D eigenvalue weighted by molar-refractivity contribution is -0.140. The molecule has 0 radical (unpaired) electrons. The highest BCUT2D eigenvalue weighted by molar-refractivity contribution is 6.42. The topological polar surface area (TPSA) is 49.6 Å². The summed E-state index contributed by atoms with van der Waals surface area (Å²) in [5.74, 6) is -1.38. The molecule has 2 aromatic carbocycles. The fourth-order valence-corrected chi connectivity index (χ4v) is 4.68. The molecule has 0 bridgehead atoms. The molecule has 1 aliphatic heterocycles. The maximum Gasteiger partial charge on any atom is 0.419 e. The lowest BCUT2D eigenvalue weighted by atomic mass is 9.93. The number of halogens is 6. The Morgan fingerprint density at radius 2 is 1.85 bits per heavy atom. The van der Waals surface area contributed by atoms with Crippen LogP contribution in [0.1, 0.15) is 41.9 Å². The number of hydrogen-bond donors (Lipinski definition) is 1. The Morgan fingerprint density at radius 1 is 1.12 bits per heavy atom. The third-order valence-electron chi connectivity index (χ3n) is 6.20. The smallest absolute Gasteiger partial charge is 0.340 e. The molecular formula is C24H27Cl2F4N3O. The molecule has 0 aliphatic carbocycles. The zero-order chi connectivity index (χ0) is 25.0. The van der Waals surface area contributed by atoms with Crippen LogP contribution in [0.3, 0.4) is 0 Å². The summed E-state index contributed by atoms with van der Waals surface area (Å²) in [5, 5.41) is 0.821. The molecular weight excluding hydrogens is 493 g/mol. The number of carbonyl (C=O) groups excluding carboxylic acids is 1. The van der Waals surface area contributed by atoms with Gasteiger partial charge in [0.1, 0.15) is 5.82 Å². The summed E-state index contributed by atoms with van der Waals surface area (Å²) in [6.45, 7) is 1.64. The third-order valence-corrected chi connectivity index (χ3v) is 6.93. The number of carbonyl (C=O) groups is 1. The van der Waals surface area contributed by atoms with E-state index in [4.69, 9.17) is 28.9 Å². The highest BCUT2D eigenvalue weighted by atomic mass is 35.5. The summed E-state index contributed by atoms with van der Waals surface area (Å²) in [7, 11) is 1.81. The maximum absolute atomic E-state index is 14.1. The van der Waals surface area contributed by atoms with E-state index in [9.17, 15) is 22.4 Å². The van der Waals surface area contributed by atoms with Gasteiger partial charge in [-0.3, -0.25) is 9.69 Å². The molecule has 1 fully saturated rings. The fourth-order valence-electron chi connectivity index (χ4n) is 4.38. The summed E-state index contributed by atoms with van der Waals surface area (Å²) in [6.07, 6.45) is -2.89. The second-order valence-electron chi connectivity index (χ2n) is 8.62. The number of hydrogen-bond acceptors (Lipinski definition) is 3. The largest absolute Gasteiger partial charge is 0.419 e. The molecule has 3 rings (SSSR count). The first kappa shape index (κ1) is 26.7. The molecule has 2 aromatic rings. The van der Waals surface area contributed by atoms with Crippen molar-refractivity contribution in [1.82, 2.24) is 9.80 Å². The van der Waals surface area contributed by atoms with Gasteiger partial charge >= 0.3 is 6.18 Å². The molecule has 2 atom stereocenters. The number of likely N-dealkylation sites (tertiary alicyclic amines) is 1. The predicted octanol–water partition coefficient (Wildman–Crippen LogP) is 5.71. The van der Waals surface area contributed by atoms with Crippen molar-refractivity contribution in [2.24, 2.45) is 5.73 Å². The van der Waals surface area contributed by atoms with Crippen molar-refractivity contribution in [1.29, 1.82) is 0 Å². The van der Waals surface area contributed by atoms with E-state index in [1.807, 2.05) is 18.0 Å². The Balaban J connectivity index is 1.82. The second-order valence-corrected chi connectivity index (χ2v) is 9.43. The van der Waals surface area contributed by atoms with Crippen molar-refractivity contribution in [3.63, 3.8) is 0 Å². The molecule has 10 heteroatoms. The van der Waals surface area contributed by atoms with E-state index in [2.05, 4.69) is 0 Å². The summed E-state index contributed by atoms with van der Waals surface area (Å²) in [4.78, 5) is 16.5. The standard InChI is InChI=1S/C24H27Cl2F4N3O/c1-32(12-15-5-7-18(21(27)10-15)24(28,29)30)22-14-33(23(34)4-2-3-9-31)13-17(22)16-6-8-19(25)20(26)11-16/h5-8,10-11,17,22H,2-4,9,12-14,31H2,1H3/t17-,22+/m1/s1. The molecule has 0 saturated carbocycles. The lowest BCUT2D eigenvalue weighted by Gasteiger charge is -2.29. The van der Waals surface area contributed by atoms with Crippen LogP contribution >= 0.6 is 23.2 Å². The Kier molecular flexibility index (Phi) is 8.84. The Bertz CT molecular complexity index is 1020. The van der Waals surface area contributed by atoms with Crippen molar-refractivity contribution in [2.75, 3.05) is 26.7 Å². The van der Waals surface area contributed by atoms with Crippen molar-refractivity contribution in [3.8, 4) is 0 Å². The second kappa shape index (κ2) is 11.2. The van der Waals surface area contributed by atoms with Gasteiger partial charge in [0.25, 0.3) is 0 Å². The highest BCUT2D eigenvalue weighted by Gasteiger charge is 2.39. The molecule has 4 nitrogen and oxygen atoms in total. The maximum atomic E-state index is 14.1. The Hall–Kier alpha value is -1.87. The zero-order valence-corrected chi connectivity index (χ0v) is 20.2. The van der Waals surface area contributed by atoms with E-state index in [1.165, 1.54) is 6.07 Å². The quantitative estimate of drug-likeness (QED) is 0.359. The molecule has 1 amide bonds. The Labute approximate surface area is 206 Å². The minimum atomic E-state index is -4.75. The summed E-state index contributed by atoms with van der Waals surface area (Å²) in [5.41, 5.74) is 5.55. The van der Waals surface area contributed by atoms with Gasteiger partial charge < -0.3 is 10.6 Å². The molecule has 1 saturated heterocycles. The van der Waals surface area contributed by atoms with E-state index in [-0.39, 0.29) is 24.4 Å². The van der Waals surface area contributed by atoms with Crippen LogP contribution in [0.25, 0.3) is 0 Å². The van der Waals surface area contributed by atoms with E-state index in [0.29, 0.717) is 48.1 Å². The van der Waals surface area contributed by atoms with Crippen LogP contribution in [0, 0.1) is 5.82 Å². The SMILES string of the molecule is CN(Cc1ccc(C(F)(F)F)c(F)c1)[C@H]1CN(C(=O)CCCCN)C[C@@H]1c1ccc(Cl)c(Cl)c1. The van der Waals surface area contributed by atoms with Crippen LogP contribution in [0.5, 0.6) is 0 Å². The van der Waals surface area contributed by atoms with E-state index >= 15 is 0 Å². The summed E-state index contributed by atoms with van der Waals surface area (Å²) in [6, 6.07) is 8.14. The van der Waals surface area contributed by atoms with Crippen LogP contribution in [-0.4, -0.2) is 48.4 Å². The first-order valence-electron chi connectivity index (χ1n) is 11.0. The van der Waals surface area contributed by atoms with E-state index < -0.39 is 17.6 Å². The number of nitrogens with zero attached hydrogens (tertiary/aromatic N) is 2. The number of amides is 1. The van der Waals surface area contributed by atoms with Gasteiger partial charge in [0.15, 0.2) is 0 Å². The molecule has 34 heavy (non-hydrogen) atoms. The number of benzene rings is 2.